The van der Waals surface area contributed by atoms with Crippen molar-refractivity contribution >= 4 is 33.0 Å². The molecule has 0 radical (unpaired) electrons. The van der Waals surface area contributed by atoms with Crippen LogP contribution in [0.15, 0.2) is 40.2 Å². The van der Waals surface area contributed by atoms with Crippen LogP contribution in [0.25, 0.3) is 10.4 Å². The second kappa shape index (κ2) is 3.52. The first-order valence-corrected chi connectivity index (χ1v) is 5.48. The van der Waals surface area contributed by atoms with Crippen LogP contribution in [-0.4, -0.2) is 0 Å². The minimum absolute atomic E-state index is 0.809. The molecule has 2 N–H and O–H groups in total. The zero-order valence-electron chi connectivity index (χ0n) is 6.83. The summed E-state index contributed by atoms with van der Waals surface area (Å²) in [5.41, 5.74) is 7.76. The molecule has 0 amide bonds. The van der Waals surface area contributed by atoms with E-state index < -0.39 is 0 Å². The third-order valence-electron chi connectivity index (χ3n) is 1.77. The monoisotopic (exact) mass is 253 g/mol. The van der Waals surface area contributed by atoms with E-state index in [0.717, 1.165) is 9.47 Å². The molecule has 1 heterocycles. The van der Waals surface area contributed by atoms with Crippen LogP contribution >= 0.6 is 27.3 Å². The minimum Gasteiger partial charge on any atom is -0.397 e. The highest BCUT2D eigenvalue weighted by molar-refractivity contribution is 9.11. The highest BCUT2D eigenvalue weighted by atomic mass is 79.9. The van der Waals surface area contributed by atoms with Gasteiger partial charge in [-0.05, 0) is 27.6 Å². The van der Waals surface area contributed by atoms with Gasteiger partial charge in [0.05, 0.1) is 9.47 Å². The number of rotatable bonds is 1. The molecule has 1 aromatic heterocycles. The van der Waals surface area contributed by atoms with Crippen LogP contribution in [0.3, 0.4) is 0 Å². The smallest absolute Gasteiger partial charge is 0.0934 e. The van der Waals surface area contributed by atoms with E-state index in [-0.39, 0.29) is 0 Å². The lowest BCUT2D eigenvalue weighted by atomic mass is 10.2. The lowest BCUT2D eigenvalue weighted by Crippen LogP contribution is -1.78. The van der Waals surface area contributed by atoms with E-state index in [1.54, 1.807) is 11.3 Å². The van der Waals surface area contributed by atoms with Crippen molar-refractivity contribution in [3.8, 4) is 10.4 Å². The molecule has 3 heteroatoms. The standard InChI is InChI=1S/C10H8BrNS/c11-10-8(12)6-9(13-10)7-4-2-1-3-5-7/h1-6H,12H2. The van der Waals surface area contributed by atoms with Crippen LogP contribution in [0, 0.1) is 0 Å². The van der Waals surface area contributed by atoms with Crippen molar-refractivity contribution in [2.75, 3.05) is 5.73 Å². The summed E-state index contributed by atoms with van der Waals surface area (Å²) in [6, 6.07) is 12.2. The van der Waals surface area contributed by atoms with Gasteiger partial charge in [-0.3, -0.25) is 0 Å². The maximum atomic E-state index is 5.74. The van der Waals surface area contributed by atoms with E-state index in [1.165, 1.54) is 10.4 Å². The predicted molar refractivity (Wildman–Crippen MR) is 61.9 cm³/mol. The Bertz CT molecular complexity index is 389. The molecule has 0 bridgehead atoms. The first-order valence-electron chi connectivity index (χ1n) is 3.87. The molecule has 0 saturated carbocycles. The van der Waals surface area contributed by atoms with Crippen molar-refractivity contribution in [3.63, 3.8) is 0 Å². The SMILES string of the molecule is Nc1cc(-c2ccccc2)sc1Br. The van der Waals surface area contributed by atoms with Gasteiger partial charge in [0.15, 0.2) is 0 Å². The Hall–Kier alpha value is -0.800. The molecule has 0 aliphatic heterocycles. The summed E-state index contributed by atoms with van der Waals surface area (Å²) in [6.45, 7) is 0. The molecular weight excluding hydrogens is 246 g/mol. The molecule has 0 fully saturated rings. The van der Waals surface area contributed by atoms with Crippen molar-refractivity contribution in [3.05, 3.63) is 40.2 Å². The summed E-state index contributed by atoms with van der Waals surface area (Å²) >= 11 is 5.07. The highest BCUT2D eigenvalue weighted by Gasteiger charge is 2.04. The molecule has 1 aromatic carbocycles. The molecule has 0 saturated heterocycles. The summed E-state index contributed by atoms with van der Waals surface area (Å²) < 4.78 is 1.01. The van der Waals surface area contributed by atoms with E-state index >= 15 is 0 Å². The Morgan fingerprint density at radius 1 is 1.15 bits per heavy atom. The van der Waals surface area contributed by atoms with Gasteiger partial charge < -0.3 is 5.73 Å². The van der Waals surface area contributed by atoms with Crippen molar-refractivity contribution in [1.29, 1.82) is 0 Å². The van der Waals surface area contributed by atoms with Crippen molar-refractivity contribution in [2.24, 2.45) is 0 Å². The second-order valence-corrected chi connectivity index (χ2v) is 5.08. The maximum absolute atomic E-state index is 5.74. The van der Waals surface area contributed by atoms with Gasteiger partial charge in [0, 0.05) is 4.88 Å². The van der Waals surface area contributed by atoms with Gasteiger partial charge in [-0.1, -0.05) is 30.3 Å². The van der Waals surface area contributed by atoms with Gasteiger partial charge in [-0.25, -0.2) is 0 Å². The van der Waals surface area contributed by atoms with Crippen LogP contribution in [-0.2, 0) is 0 Å². The van der Waals surface area contributed by atoms with Crippen molar-refractivity contribution in [2.45, 2.75) is 0 Å². The van der Waals surface area contributed by atoms with E-state index in [2.05, 4.69) is 28.1 Å². The third-order valence-corrected chi connectivity index (χ3v) is 3.70. The molecule has 66 valence electrons. The number of hydrogen-bond acceptors (Lipinski definition) is 2. The number of nitrogens with two attached hydrogens (primary N) is 1. The fraction of sp³-hybridized carbons (Fsp3) is 0. The molecule has 0 aliphatic carbocycles. The van der Waals surface area contributed by atoms with Crippen molar-refractivity contribution in [1.82, 2.24) is 0 Å². The van der Waals surface area contributed by atoms with E-state index in [0.29, 0.717) is 0 Å². The molecule has 1 nitrogen and oxygen atoms in total. The van der Waals surface area contributed by atoms with Crippen LogP contribution in [0.1, 0.15) is 0 Å². The van der Waals surface area contributed by atoms with Gasteiger partial charge in [-0.15, -0.1) is 11.3 Å². The first-order chi connectivity index (χ1) is 6.27. The third kappa shape index (κ3) is 1.76. The summed E-state index contributed by atoms with van der Waals surface area (Å²) in [5, 5.41) is 0. The molecule has 0 unspecified atom stereocenters. The Labute approximate surface area is 89.3 Å². The fourth-order valence-corrected chi connectivity index (χ4v) is 2.57. The molecule has 0 atom stereocenters. The van der Waals surface area contributed by atoms with E-state index in [1.807, 2.05) is 24.3 Å². The molecular formula is C10H8BrNS. The topological polar surface area (TPSA) is 26.0 Å². The Morgan fingerprint density at radius 2 is 1.85 bits per heavy atom. The van der Waals surface area contributed by atoms with Crippen molar-refractivity contribution < 1.29 is 0 Å². The zero-order valence-corrected chi connectivity index (χ0v) is 9.23. The van der Waals surface area contributed by atoms with Crippen LogP contribution in [0.2, 0.25) is 0 Å². The predicted octanol–water partition coefficient (Wildman–Crippen LogP) is 3.76. The van der Waals surface area contributed by atoms with Gasteiger partial charge in [0.25, 0.3) is 0 Å². The molecule has 0 spiro atoms. The lowest BCUT2D eigenvalue weighted by Gasteiger charge is -1.93. The molecule has 13 heavy (non-hydrogen) atoms. The normalized spacial score (nSPS) is 10.2. The summed E-state index contributed by atoms with van der Waals surface area (Å²) in [6.07, 6.45) is 0. The minimum atomic E-state index is 0.809. The van der Waals surface area contributed by atoms with Crippen LogP contribution in [0.4, 0.5) is 5.69 Å². The van der Waals surface area contributed by atoms with Gasteiger partial charge in [-0.2, -0.15) is 0 Å². The second-order valence-electron chi connectivity index (χ2n) is 2.71. The first kappa shape index (κ1) is 8.78. The number of benzene rings is 1. The number of hydrogen-bond donors (Lipinski definition) is 1. The van der Waals surface area contributed by atoms with Gasteiger partial charge >= 0.3 is 0 Å². The summed E-state index contributed by atoms with van der Waals surface area (Å²) in [5.74, 6) is 0. The Balaban J connectivity index is 2.48. The quantitative estimate of drug-likeness (QED) is 0.823. The number of halogens is 1. The fourth-order valence-electron chi connectivity index (χ4n) is 1.13. The average Bonchev–Trinajstić information content (AvgIpc) is 2.49. The number of nitrogen functional groups attached to an aromatic ring is 1. The van der Waals surface area contributed by atoms with E-state index in [9.17, 15) is 0 Å². The van der Waals surface area contributed by atoms with E-state index in [4.69, 9.17) is 5.73 Å². The summed E-state index contributed by atoms with van der Waals surface area (Å²) in [4.78, 5) is 1.20. The Kier molecular flexibility index (Phi) is 2.38. The van der Waals surface area contributed by atoms with Gasteiger partial charge in [0.1, 0.15) is 0 Å². The summed E-state index contributed by atoms with van der Waals surface area (Å²) in [7, 11) is 0. The van der Waals surface area contributed by atoms with Gasteiger partial charge in [0.2, 0.25) is 0 Å². The Morgan fingerprint density at radius 3 is 2.38 bits per heavy atom. The highest BCUT2D eigenvalue weighted by Crippen LogP contribution is 2.36. The zero-order chi connectivity index (χ0) is 9.26. The molecule has 2 rings (SSSR count). The maximum Gasteiger partial charge on any atom is 0.0934 e. The van der Waals surface area contributed by atoms with Crippen LogP contribution in [0.5, 0.6) is 0 Å². The average molecular weight is 254 g/mol. The molecule has 0 aliphatic rings. The number of thiophene rings is 1. The molecule has 2 aromatic rings. The van der Waals surface area contributed by atoms with Crippen LogP contribution < -0.4 is 5.73 Å². The largest absolute Gasteiger partial charge is 0.397 e. The lowest BCUT2D eigenvalue weighted by molar-refractivity contribution is 1.70. The number of anilines is 1.